The predicted molar refractivity (Wildman–Crippen MR) is 81.6 cm³/mol. The molecular weight excluding hydrogens is 250 g/mol. The first-order chi connectivity index (χ1) is 9.58. The molecule has 0 aliphatic carbocycles. The molecule has 0 aliphatic heterocycles. The van der Waals surface area contributed by atoms with Crippen LogP contribution < -0.4 is 5.32 Å². The van der Waals surface area contributed by atoms with Crippen LogP contribution in [0.3, 0.4) is 0 Å². The van der Waals surface area contributed by atoms with Gasteiger partial charge in [0.2, 0.25) is 0 Å². The molecule has 0 saturated heterocycles. The largest absolute Gasteiger partial charge is 0.384 e. The van der Waals surface area contributed by atoms with Gasteiger partial charge in [-0.2, -0.15) is 0 Å². The van der Waals surface area contributed by atoms with Gasteiger partial charge in [-0.15, -0.1) is 0 Å². The minimum atomic E-state index is -0.177. The lowest BCUT2D eigenvalue weighted by molar-refractivity contribution is 0.0938. The lowest BCUT2D eigenvalue weighted by Crippen LogP contribution is -2.32. The quantitative estimate of drug-likeness (QED) is 0.810. The second-order valence-electron chi connectivity index (χ2n) is 5.01. The number of unbranched alkanes of at least 4 members (excludes halogenated alkanes) is 1. The summed E-state index contributed by atoms with van der Waals surface area (Å²) in [5.41, 5.74) is 2.40. The average Bonchev–Trinajstić information content (AvgIpc) is 2.44. The maximum Gasteiger partial charge on any atom is 0.251 e. The van der Waals surface area contributed by atoms with E-state index in [1.807, 2.05) is 19.9 Å². The first-order valence-corrected chi connectivity index (χ1v) is 7.09. The van der Waals surface area contributed by atoms with E-state index >= 15 is 0 Å². The van der Waals surface area contributed by atoms with E-state index in [0.717, 1.165) is 30.4 Å². The van der Waals surface area contributed by atoms with Gasteiger partial charge in [-0.1, -0.05) is 37.7 Å². The Labute approximate surface area is 121 Å². The van der Waals surface area contributed by atoms with Gasteiger partial charge < -0.3 is 10.4 Å². The molecule has 108 valence electrons. The van der Waals surface area contributed by atoms with Gasteiger partial charge in [-0.3, -0.25) is 4.79 Å². The molecular formula is C17H23NO2. The molecule has 0 spiro atoms. The molecule has 0 heterocycles. The molecule has 3 heteroatoms. The van der Waals surface area contributed by atoms with Crippen molar-refractivity contribution in [2.75, 3.05) is 6.61 Å². The maximum absolute atomic E-state index is 12.1. The van der Waals surface area contributed by atoms with E-state index in [-0.39, 0.29) is 18.6 Å². The van der Waals surface area contributed by atoms with Gasteiger partial charge in [0.15, 0.2) is 0 Å². The SMILES string of the molecule is CCCCC(C)NC(=O)c1ccc(C)c(C#CCO)c1. The number of carbonyl (C=O) groups is 1. The highest BCUT2D eigenvalue weighted by molar-refractivity contribution is 5.94. The van der Waals surface area contributed by atoms with Crippen molar-refractivity contribution < 1.29 is 9.90 Å². The second kappa shape index (κ2) is 8.39. The molecule has 1 aromatic carbocycles. The Hall–Kier alpha value is -1.79. The Morgan fingerprint density at radius 3 is 2.85 bits per heavy atom. The van der Waals surface area contributed by atoms with Crippen molar-refractivity contribution in [2.45, 2.75) is 46.1 Å². The number of aryl methyl sites for hydroxylation is 1. The van der Waals surface area contributed by atoms with Crippen LogP contribution in [0, 0.1) is 18.8 Å². The van der Waals surface area contributed by atoms with E-state index in [0.29, 0.717) is 5.56 Å². The normalized spacial score (nSPS) is 11.4. The molecule has 3 nitrogen and oxygen atoms in total. The molecule has 1 unspecified atom stereocenters. The zero-order valence-electron chi connectivity index (χ0n) is 12.5. The topological polar surface area (TPSA) is 49.3 Å². The Morgan fingerprint density at radius 2 is 2.20 bits per heavy atom. The van der Waals surface area contributed by atoms with Crippen molar-refractivity contribution in [2.24, 2.45) is 0 Å². The zero-order chi connectivity index (χ0) is 15.0. The van der Waals surface area contributed by atoms with Crippen molar-refractivity contribution in [3.05, 3.63) is 34.9 Å². The van der Waals surface area contributed by atoms with Gasteiger partial charge in [0, 0.05) is 17.2 Å². The van der Waals surface area contributed by atoms with E-state index in [1.165, 1.54) is 0 Å². The van der Waals surface area contributed by atoms with E-state index in [2.05, 4.69) is 24.1 Å². The van der Waals surface area contributed by atoms with Crippen LogP contribution in [0.2, 0.25) is 0 Å². The molecule has 0 bridgehead atoms. The summed E-state index contributed by atoms with van der Waals surface area (Å²) in [4.78, 5) is 12.1. The summed E-state index contributed by atoms with van der Waals surface area (Å²) in [6, 6.07) is 5.64. The number of benzene rings is 1. The zero-order valence-corrected chi connectivity index (χ0v) is 12.5. The van der Waals surface area contributed by atoms with E-state index in [9.17, 15) is 4.79 Å². The Morgan fingerprint density at radius 1 is 1.45 bits per heavy atom. The molecule has 1 rings (SSSR count). The summed E-state index contributed by atoms with van der Waals surface area (Å²) in [6.45, 7) is 5.92. The summed E-state index contributed by atoms with van der Waals surface area (Å²) in [5.74, 6) is 5.41. The molecule has 1 amide bonds. The molecule has 0 fully saturated rings. The molecule has 1 atom stereocenters. The van der Waals surface area contributed by atoms with Gasteiger partial charge in [0.25, 0.3) is 5.91 Å². The lowest BCUT2D eigenvalue weighted by Gasteiger charge is -2.13. The van der Waals surface area contributed by atoms with Crippen molar-refractivity contribution in [1.82, 2.24) is 5.32 Å². The van der Waals surface area contributed by atoms with Crippen molar-refractivity contribution in [1.29, 1.82) is 0 Å². The van der Waals surface area contributed by atoms with Crippen molar-refractivity contribution >= 4 is 5.91 Å². The summed E-state index contributed by atoms with van der Waals surface area (Å²) in [7, 11) is 0. The fraction of sp³-hybridized carbons (Fsp3) is 0.471. The Balaban J connectivity index is 2.78. The third kappa shape index (κ3) is 5.07. The van der Waals surface area contributed by atoms with Crippen LogP contribution in [0.4, 0.5) is 0 Å². The fourth-order valence-corrected chi connectivity index (χ4v) is 1.92. The molecule has 1 aromatic rings. The molecule has 0 aliphatic rings. The molecule has 20 heavy (non-hydrogen) atoms. The third-order valence-corrected chi connectivity index (χ3v) is 3.17. The second-order valence-corrected chi connectivity index (χ2v) is 5.01. The smallest absolute Gasteiger partial charge is 0.251 e. The van der Waals surface area contributed by atoms with Gasteiger partial charge in [0.1, 0.15) is 6.61 Å². The van der Waals surface area contributed by atoms with Crippen LogP contribution in [0.5, 0.6) is 0 Å². The van der Waals surface area contributed by atoms with Crippen molar-refractivity contribution in [3.63, 3.8) is 0 Å². The summed E-state index contributed by atoms with van der Waals surface area (Å²) in [6.07, 6.45) is 3.24. The first-order valence-electron chi connectivity index (χ1n) is 7.09. The van der Waals surface area contributed by atoms with E-state index in [4.69, 9.17) is 5.11 Å². The van der Waals surface area contributed by atoms with Crippen molar-refractivity contribution in [3.8, 4) is 11.8 Å². The Kier molecular flexibility index (Phi) is 6.83. The van der Waals surface area contributed by atoms with Crippen LogP contribution >= 0.6 is 0 Å². The molecule has 0 saturated carbocycles. The van der Waals surface area contributed by atoms with Crippen LogP contribution in [-0.4, -0.2) is 23.7 Å². The number of amides is 1. The third-order valence-electron chi connectivity index (χ3n) is 3.17. The van der Waals surface area contributed by atoms with Crippen LogP contribution in [0.15, 0.2) is 18.2 Å². The highest BCUT2D eigenvalue weighted by Crippen LogP contribution is 2.11. The number of hydrogen-bond acceptors (Lipinski definition) is 2. The number of aliphatic hydroxyl groups excluding tert-OH is 1. The number of aliphatic hydroxyl groups is 1. The monoisotopic (exact) mass is 273 g/mol. The number of hydrogen-bond donors (Lipinski definition) is 2. The van der Waals surface area contributed by atoms with Crippen LogP contribution in [-0.2, 0) is 0 Å². The summed E-state index contributed by atoms with van der Waals surface area (Å²) in [5, 5.41) is 11.7. The van der Waals surface area contributed by atoms with E-state index in [1.54, 1.807) is 12.1 Å². The van der Waals surface area contributed by atoms with Gasteiger partial charge in [0.05, 0.1) is 0 Å². The summed E-state index contributed by atoms with van der Waals surface area (Å²) < 4.78 is 0. The average molecular weight is 273 g/mol. The highest BCUT2D eigenvalue weighted by atomic mass is 16.2. The first kappa shape index (κ1) is 16.3. The molecule has 2 N–H and O–H groups in total. The minimum Gasteiger partial charge on any atom is -0.384 e. The standard InChI is InChI=1S/C17H23NO2/c1-4-5-7-14(3)18-17(20)16-10-9-13(2)15(12-16)8-6-11-19/h9-10,12,14,19H,4-5,7,11H2,1-3H3,(H,18,20). The lowest BCUT2D eigenvalue weighted by atomic mass is 10.0. The number of nitrogens with one attached hydrogen (secondary N) is 1. The minimum absolute atomic E-state index is 0.0688. The fourth-order valence-electron chi connectivity index (χ4n) is 1.92. The predicted octanol–water partition coefficient (Wildman–Crippen LogP) is 2.65. The molecule has 0 aromatic heterocycles. The van der Waals surface area contributed by atoms with Gasteiger partial charge >= 0.3 is 0 Å². The van der Waals surface area contributed by atoms with Gasteiger partial charge in [-0.25, -0.2) is 0 Å². The van der Waals surface area contributed by atoms with E-state index < -0.39 is 0 Å². The summed E-state index contributed by atoms with van der Waals surface area (Å²) >= 11 is 0. The maximum atomic E-state index is 12.1. The highest BCUT2D eigenvalue weighted by Gasteiger charge is 2.10. The van der Waals surface area contributed by atoms with Crippen LogP contribution in [0.1, 0.15) is 54.6 Å². The number of carbonyl (C=O) groups excluding carboxylic acids is 1. The number of rotatable bonds is 5. The Bertz CT molecular complexity index is 511. The van der Waals surface area contributed by atoms with Gasteiger partial charge in [-0.05, 0) is 38.0 Å². The van der Waals surface area contributed by atoms with Crippen LogP contribution in [0.25, 0.3) is 0 Å². The molecule has 0 radical (unpaired) electrons.